The van der Waals surface area contributed by atoms with Crippen LogP contribution in [0, 0.1) is 5.92 Å². The molecule has 0 unspecified atom stereocenters. The first-order valence-corrected chi connectivity index (χ1v) is 9.25. The number of halogens is 2. The Labute approximate surface area is 134 Å². The first-order valence-electron chi connectivity index (χ1n) is 7.75. The van der Waals surface area contributed by atoms with Crippen LogP contribution in [0.1, 0.15) is 25.7 Å². The van der Waals surface area contributed by atoms with Crippen LogP contribution in [0.5, 0.6) is 0 Å². The lowest BCUT2D eigenvalue weighted by Gasteiger charge is -2.31. The van der Waals surface area contributed by atoms with Gasteiger partial charge in [0.1, 0.15) is 6.10 Å². The molecule has 2 rings (SSSR count). The Bertz CT molecular complexity index is 509. The average molecular weight is 355 g/mol. The summed E-state index contributed by atoms with van der Waals surface area (Å²) in [5.74, 6) is -3.49. The van der Waals surface area contributed by atoms with E-state index < -0.39 is 21.9 Å². The highest BCUT2D eigenvalue weighted by molar-refractivity contribution is 7.89. The maximum atomic E-state index is 12.5. The van der Waals surface area contributed by atoms with E-state index in [2.05, 4.69) is 5.32 Å². The van der Waals surface area contributed by atoms with E-state index >= 15 is 0 Å². The molecule has 10 heteroatoms. The molecule has 0 aromatic heterocycles. The van der Waals surface area contributed by atoms with Gasteiger partial charge in [0, 0.05) is 26.2 Å². The van der Waals surface area contributed by atoms with Gasteiger partial charge in [-0.05, 0) is 31.6 Å². The van der Waals surface area contributed by atoms with Crippen LogP contribution < -0.4 is 11.1 Å². The summed E-state index contributed by atoms with van der Waals surface area (Å²) in [6.45, 7) is 0.903. The van der Waals surface area contributed by atoms with Gasteiger partial charge < -0.3 is 15.8 Å². The van der Waals surface area contributed by atoms with Crippen LogP contribution in [0.2, 0.25) is 0 Å². The van der Waals surface area contributed by atoms with E-state index in [1.807, 2.05) is 0 Å². The van der Waals surface area contributed by atoms with Gasteiger partial charge in [0.2, 0.25) is 5.91 Å². The minimum atomic E-state index is -4.50. The van der Waals surface area contributed by atoms with E-state index in [-0.39, 0.29) is 31.0 Å². The van der Waals surface area contributed by atoms with Crippen molar-refractivity contribution in [2.24, 2.45) is 11.7 Å². The summed E-state index contributed by atoms with van der Waals surface area (Å²) in [7, 11) is -4.50. The minimum absolute atomic E-state index is 0.0579. The van der Waals surface area contributed by atoms with Crippen molar-refractivity contribution in [1.82, 2.24) is 9.62 Å². The molecule has 0 aromatic rings. The number of sulfonamides is 1. The number of piperidine rings is 1. The first-order chi connectivity index (χ1) is 10.8. The Hall–Kier alpha value is -0.840. The second-order valence-corrected chi connectivity index (χ2v) is 7.86. The van der Waals surface area contributed by atoms with Crippen molar-refractivity contribution < 1.29 is 26.7 Å². The summed E-state index contributed by atoms with van der Waals surface area (Å²) in [5, 5.41) is 2.79. The van der Waals surface area contributed by atoms with E-state index in [0.717, 1.165) is 10.7 Å². The summed E-state index contributed by atoms with van der Waals surface area (Å²) in [4.78, 5) is 12.0. The van der Waals surface area contributed by atoms with Gasteiger partial charge in [-0.2, -0.15) is 13.1 Å². The largest absolute Gasteiger partial charge is 0.364 e. The number of nitrogens with one attached hydrogen (secondary N) is 1. The lowest BCUT2D eigenvalue weighted by Crippen LogP contribution is -2.44. The quantitative estimate of drug-likeness (QED) is 0.691. The van der Waals surface area contributed by atoms with Crippen molar-refractivity contribution in [3.05, 3.63) is 0 Å². The van der Waals surface area contributed by atoms with Gasteiger partial charge in [-0.15, -0.1) is 0 Å². The zero-order valence-corrected chi connectivity index (χ0v) is 13.6. The van der Waals surface area contributed by atoms with Crippen LogP contribution >= 0.6 is 0 Å². The van der Waals surface area contributed by atoms with Crippen LogP contribution in [0.15, 0.2) is 0 Å². The number of hydrogen-bond donors (Lipinski definition) is 2. The van der Waals surface area contributed by atoms with Crippen LogP contribution in [0.25, 0.3) is 0 Å². The van der Waals surface area contributed by atoms with Gasteiger partial charge in [-0.1, -0.05) is 0 Å². The van der Waals surface area contributed by atoms with Crippen LogP contribution in [0.4, 0.5) is 8.78 Å². The lowest BCUT2D eigenvalue weighted by atomic mass is 9.98. The first kappa shape index (κ1) is 18.5. The zero-order valence-electron chi connectivity index (χ0n) is 12.8. The molecule has 2 aliphatic heterocycles. The molecule has 2 atom stereocenters. The fourth-order valence-electron chi connectivity index (χ4n) is 2.91. The molecule has 0 bridgehead atoms. The third kappa shape index (κ3) is 4.59. The lowest BCUT2D eigenvalue weighted by molar-refractivity contribution is -0.132. The molecule has 2 heterocycles. The molecule has 0 spiro atoms. The predicted octanol–water partition coefficient (Wildman–Crippen LogP) is -0.127. The second-order valence-electron chi connectivity index (χ2n) is 5.95. The standard InChI is InChI=1S/C13H23F2N3O4S/c14-13(15)23(20,21)18-5-3-9(4-6-18)8-17-12(19)11-2-1-10(7-16)22-11/h9-11,13H,1-8,16H2,(H,17,19)/t10-,11+/m1/s1. The Morgan fingerprint density at radius 2 is 1.91 bits per heavy atom. The molecule has 2 fully saturated rings. The molecule has 0 aliphatic carbocycles. The summed E-state index contributed by atoms with van der Waals surface area (Å²) < 4.78 is 54.0. The molecule has 3 N–H and O–H groups in total. The van der Waals surface area contributed by atoms with Crippen LogP contribution in [-0.4, -0.2) is 62.8 Å². The average Bonchev–Trinajstić information content (AvgIpc) is 3.02. The van der Waals surface area contributed by atoms with Gasteiger partial charge in [-0.25, -0.2) is 8.42 Å². The minimum Gasteiger partial charge on any atom is -0.364 e. The number of rotatable bonds is 6. The second kappa shape index (κ2) is 7.82. The molecule has 134 valence electrons. The van der Waals surface area contributed by atoms with Gasteiger partial charge in [0.05, 0.1) is 6.10 Å². The van der Waals surface area contributed by atoms with E-state index in [9.17, 15) is 22.0 Å². The molecular formula is C13H23F2N3O4S. The highest BCUT2D eigenvalue weighted by atomic mass is 32.2. The summed E-state index contributed by atoms with van der Waals surface area (Å²) in [5.41, 5.74) is 5.49. The van der Waals surface area contributed by atoms with Crippen molar-refractivity contribution in [2.45, 2.75) is 43.6 Å². The number of alkyl halides is 2. The van der Waals surface area contributed by atoms with E-state index in [1.54, 1.807) is 0 Å². The highest BCUT2D eigenvalue weighted by Crippen LogP contribution is 2.23. The number of carbonyl (C=O) groups excluding carboxylic acids is 1. The molecule has 2 saturated heterocycles. The molecule has 7 nitrogen and oxygen atoms in total. The normalized spacial score (nSPS) is 27.5. The van der Waals surface area contributed by atoms with Crippen molar-refractivity contribution in [3.63, 3.8) is 0 Å². The Morgan fingerprint density at radius 1 is 1.26 bits per heavy atom. The van der Waals surface area contributed by atoms with Crippen LogP contribution in [0.3, 0.4) is 0 Å². The van der Waals surface area contributed by atoms with Gasteiger partial charge in [0.25, 0.3) is 10.0 Å². The van der Waals surface area contributed by atoms with Crippen molar-refractivity contribution in [3.8, 4) is 0 Å². The number of nitrogens with zero attached hydrogens (tertiary/aromatic N) is 1. The molecule has 0 saturated carbocycles. The fraction of sp³-hybridized carbons (Fsp3) is 0.923. The van der Waals surface area contributed by atoms with E-state index in [4.69, 9.17) is 10.5 Å². The topological polar surface area (TPSA) is 102 Å². The molecule has 1 amide bonds. The maximum Gasteiger partial charge on any atom is 0.350 e. The number of carbonyl (C=O) groups is 1. The molecular weight excluding hydrogens is 332 g/mol. The SMILES string of the molecule is NC[C@H]1CC[C@@H](C(=O)NCC2CCN(S(=O)(=O)C(F)F)CC2)O1. The monoisotopic (exact) mass is 355 g/mol. The van der Waals surface area contributed by atoms with Crippen LogP contribution in [-0.2, 0) is 19.6 Å². The van der Waals surface area contributed by atoms with E-state index in [0.29, 0.717) is 32.4 Å². The fourth-order valence-corrected chi connectivity index (χ4v) is 3.86. The summed E-state index contributed by atoms with van der Waals surface area (Å²) in [6, 6.07) is 0. The molecule has 0 radical (unpaired) electrons. The van der Waals surface area contributed by atoms with E-state index in [1.165, 1.54) is 0 Å². The third-order valence-corrected chi connectivity index (χ3v) is 5.92. The smallest absolute Gasteiger partial charge is 0.350 e. The molecule has 23 heavy (non-hydrogen) atoms. The maximum absolute atomic E-state index is 12.5. The zero-order chi connectivity index (χ0) is 17.0. The van der Waals surface area contributed by atoms with Gasteiger partial charge in [0.15, 0.2) is 0 Å². The Morgan fingerprint density at radius 3 is 2.43 bits per heavy atom. The molecule has 2 aliphatic rings. The third-order valence-electron chi connectivity index (χ3n) is 4.39. The Kier molecular flexibility index (Phi) is 6.29. The highest BCUT2D eigenvalue weighted by Gasteiger charge is 2.35. The van der Waals surface area contributed by atoms with Crippen molar-refractivity contribution in [2.75, 3.05) is 26.2 Å². The predicted molar refractivity (Wildman–Crippen MR) is 79.2 cm³/mol. The molecule has 0 aromatic carbocycles. The Balaban J connectivity index is 1.72. The van der Waals surface area contributed by atoms with Gasteiger partial charge in [-0.3, -0.25) is 4.79 Å². The summed E-state index contributed by atoms with van der Waals surface area (Å²) >= 11 is 0. The van der Waals surface area contributed by atoms with Crippen molar-refractivity contribution in [1.29, 1.82) is 0 Å². The number of nitrogens with two attached hydrogens (primary N) is 1. The number of hydrogen-bond acceptors (Lipinski definition) is 5. The summed E-state index contributed by atoms with van der Waals surface area (Å²) in [6.07, 6.45) is 1.74. The van der Waals surface area contributed by atoms with Gasteiger partial charge >= 0.3 is 5.76 Å². The van der Waals surface area contributed by atoms with Crippen molar-refractivity contribution >= 4 is 15.9 Å². The number of ether oxygens (including phenoxy) is 1. The number of amides is 1.